The number of aromatic carboxylic acids is 1. The van der Waals surface area contributed by atoms with Gasteiger partial charge in [0.05, 0.1) is 5.69 Å². The molecule has 0 aliphatic carbocycles. The quantitative estimate of drug-likeness (QED) is 0.705. The smallest absolute Gasteiger partial charge is 0.356 e. The number of aromatic nitrogens is 2. The second kappa shape index (κ2) is 10.4. The summed E-state index contributed by atoms with van der Waals surface area (Å²) in [7, 11) is 0. The molecular weight excluding hydrogens is 224 g/mol. The summed E-state index contributed by atoms with van der Waals surface area (Å²) in [5, 5.41) is 22.5. The molecule has 0 aromatic carbocycles. The Morgan fingerprint density at radius 1 is 1.24 bits per heavy atom. The topological polar surface area (TPSA) is 103 Å². The molecule has 1 aromatic heterocycles. The van der Waals surface area contributed by atoms with Crippen molar-refractivity contribution in [3.8, 4) is 0 Å². The maximum atomic E-state index is 10.3. The molecule has 0 aliphatic rings. The van der Waals surface area contributed by atoms with Crippen molar-refractivity contribution < 1.29 is 19.8 Å². The molecule has 0 spiro atoms. The number of hydrogen-bond donors (Lipinski definition) is 3. The molecule has 0 amide bonds. The van der Waals surface area contributed by atoms with Crippen molar-refractivity contribution in [1.29, 1.82) is 0 Å². The van der Waals surface area contributed by atoms with E-state index in [0.717, 1.165) is 6.08 Å². The van der Waals surface area contributed by atoms with E-state index >= 15 is 0 Å². The molecule has 1 aromatic rings. The monoisotopic (exact) mass is 242 g/mol. The zero-order chi connectivity index (χ0) is 13.8. The zero-order valence-electron chi connectivity index (χ0n) is 10.4. The average Bonchev–Trinajstić information content (AvgIpc) is 2.80. The van der Waals surface area contributed by atoms with E-state index in [1.54, 1.807) is 0 Å². The minimum Gasteiger partial charge on any atom is -0.478 e. The summed E-state index contributed by atoms with van der Waals surface area (Å²) in [6.45, 7) is 8.00. The van der Waals surface area contributed by atoms with Crippen molar-refractivity contribution in [3.05, 3.63) is 23.5 Å². The predicted molar refractivity (Wildman–Crippen MR) is 64.9 cm³/mol. The molecule has 1 heterocycles. The van der Waals surface area contributed by atoms with E-state index < -0.39 is 11.9 Å². The summed E-state index contributed by atoms with van der Waals surface area (Å²) >= 11 is 0. The van der Waals surface area contributed by atoms with Crippen molar-refractivity contribution in [2.75, 3.05) is 0 Å². The lowest BCUT2D eigenvalue weighted by Gasteiger charge is -1.80. The Morgan fingerprint density at radius 3 is 2.12 bits per heavy atom. The Hall–Kier alpha value is -2.11. The normalized spacial score (nSPS) is 8.71. The summed E-state index contributed by atoms with van der Waals surface area (Å²) < 4.78 is 0. The Labute approximate surface area is 100.0 Å². The first-order valence-corrected chi connectivity index (χ1v) is 5.29. The van der Waals surface area contributed by atoms with Gasteiger partial charge in [0.15, 0.2) is 5.69 Å². The fraction of sp³-hybridized carbons (Fsp3) is 0.364. The van der Waals surface area contributed by atoms with Crippen molar-refractivity contribution in [2.45, 2.75) is 27.7 Å². The standard InChI is InChI=1S/C7H6N2O4.2C2H6/c10-6(11)2-1-4-3-5(7(12)13)9-8-4;2*1-2/h1-3H,(H,8,9)(H,10,11)(H,12,13);2*1-2H3/b2-1+;;. The minimum atomic E-state index is -1.16. The van der Waals surface area contributed by atoms with Gasteiger partial charge in [-0.15, -0.1) is 0 Å². The number of carbonyl (C=O) groups is 2. The highest BCUT2D eigenvalue weighted by Gasteiger charge is 2.05. The highest BCUT2D eigenvalue weighted by atomic mass is 16.4. The molecule has 96 valence electrons. The average molecular weight is 242 g/mol. The van der Waals surface area contributed by atoms with Gasteiger partial charge in [-0.05, 0) is 12.1 Å². The van der Waals surface area contributed by atoms with Gasteiger partial charge in [0, 0.05) is 6.08 Å². The van der Waals surface area contributed by atoms with Crippen LogP contribution < -0.4 is 0 Å². The summed E-state index contributed by atoms with van der Waals surface area (Å²) in [5.74, 6) is -2.27. The maximum Gasteiger partial charge on any atom is 0.356 e. The Morgan fingerprint density at radius 2 is 1.76 bits per heavy atom. The number of H-pyrrole nitrogens is 1. The lowest BCUT2D eigenvalue weighted by Crippen LogP contribution is -1.95. The van der Waals surface area contributed by atoms with Gasteiger partial charge in [-0.2, -0.15) is 5.10 Å². The maximum absolute atomic E-state index is 10.3. The number of nitrogens with zero attached hydrogens (tertiary/aromatic N) is 1. The van der Waals surface area contributed by atoms with Crippen molar-refractivity contribution in [2.24, 2.45) is 0 Å². The Kier molecular flexibility index (Phi) is 10.6. The second-order valence-corrected chi connectivity index (χ2v) is 2.19. The van der Waals surface area contributed by atoms with Crippen LogP contribution in [0.1, 0.15) is 43.9 Å². The number of aliphatic carboxylic acids is 1. The molecule has 6 nitrogen and oxygen atoms in total. The fourth-order valence-electron chi connectivity index (χ4n) is 0.693. The van der Waals surface area contributed by atoms with Gasteiger partial charge in [0.25, 0.3) is 0 Å². The Balaban J connectivity index is 0. The van der Waals surface area contributed by atoms with Gasteiger partial charge in [0.2, 0.25) is 0 Å². The fourth-order valence-corrected chi connectivity index (χ4v) is 0.693. The van der Waals surface area contributed by atoms with Crippen LogP contribution in [0.2, 0.25) is 0 Å². The summed E-state index contributed by atoms with van der Waals surface area (Å²) in [6.07, 6.45) is 2.11. The van der Waals surface area contributed by atoms with Gasteiger partial charge in [-0.1, -0.05) is 27.7 Å². The van der Waals surface area contributed by atoms with Crippen molar-refractivity contribution >= 4 is 18.0 Å². The van der Waals surface area contributed by atoms with E-state index in [1.165, 1.54) is 12.1 Å². The molecular formula is C11H18N2O4. The third-order valence-corrected chi connectivity index (χ3v) is 1.22. The third kappa shape index (κ3) is 7.78. The minimum absolute atomic E-state index is 0.148. The molecule has 0 bridgehead atoms. The highest BCUT2D eigenvalue weighted by Crippen LogP contribution is 2.01. The molecule has 0 atom stereocenters. The largest absolute Gasteiger partial charge is 0.478 e. The number of hydrogen-bond acceptors (Lipinski definition) is 3. The number of carboxylic acids is 2. The van der Waals surface area contributed by atoms with E-state index in [2.05, 4.69) is 10.2 Å². The van der Waals surface area contributed by atoms with Crippen LogP contribution in [0.15, 0.2) is 12.1 Å². The number of aromatic amines is 1. The van der Waals surface area contributed by atoms with E-state index in [1.807, 2.05) is 27.7 Å². The van der Waals surface area contributed by atoms with Crippen LogP contribution in [0.4, 0.5) is 0 Å². The van der Waals surface area contributed by atoms with Crippen LogP contribution in [0.25, 0.3) is 6.08 Å². The first-order chi connectivity index (χ1) is 8.09. The Bertz CT molecular complexity index is 369. The lowest BCUT2D eigenvalue weighted by atomic mass is 10.3. The third-order valence-electron chi connectivity index (χ3n) is 1.22. The summed E-state index contributed by atoms with van der Waals surface area (Å²) in [4.78, 5) is 20.4. The molecule has 1 rings (SSSR count). The molecule has 0 fully saturated rings. The molecule has 17 heavy (non-hydrogen) atoms. The van der Waals surface area contributed by atoms with E-state index in [-0.39, 0.29) is 5.69 Å². The van der Waals surface area contributed by atoms with Crippen LogP contribution in [-0.2, 0) is 4.79 Å². The van der Waals surface area contributed by atoms with E-state index in [9.17, 15) is 9.59 Å². The molecule has 0 saturated carbocycles. The molecule has 0 radical (unpaired) electrons. The molecule has 0 unspecified atom stereocenters. The van der Waals surface area contributed by atoms with E-state index in [0.29, 0.717) is 5.69 Å². The molecule has 0 aliphatic heterocycles. The van der Waals surface area contributed by atoms with Gasteiger partial charge in [-0.25, -0.2) is 9.59 Å². The van der Waals surface area contributed by atoms with Gasteiger partial charge < -0.3 is 10.2 Å². The van der Waals surface area contributed by atoms with Crippen LogP contribution in [0.5, 0.6) is 0 Å². The van der Waals surface area contributed by atoms with E-state index in [4.69, 9.17) is 10.2 Å². The van der Waals surface area contributed by atoms with Crippen LogP contribution in [0.3, 0.4) is 0 Å². The first-order valence-electron chi connectivity index (χ1n) is 5.29. The zero-order valence-corrected chi connectivity index (χ0v) is 10.4. The van der Waals surface area contributed by atoms with Crippen molar-refractivity contribution in [1.82, 2.24) is 10.2 Å². The highest BCUT2D eigenvalue weighted by molar-refractivity contribution is 5.87. The molecule has 3 N–H and O–H groups in total. The van der Waals surface area contributed by atoms with Gasteiger partial charge in [-0.3, -0.25) is 5.10 Å². The first kappa shape index (κ1) is 17.3. The number of carboxylic acid groups (broad SMARTS) is 2. The summed E-state index contributed by atoms with van der Waals surface area (Å²) in [6, 6.07) is 1.24. The van der Waals surface area contributed by atoms with Crippen molar-refractivity contribution in [3.63, 3.8) is 0 Å². The molecule has 6 heteroatoms. The van der Waals surface area contributed by atoms with Crippen LogP contribution in [-0.4, -0.2) is 32.3 Å². The SMILES string of the molecule is CC.CC.O=C(O)/C=C/c1cc(C(=O)O)n[nH]1. The molecule has 0 saturated heterocycles. The summed E-state index contributed by atoms with van der Waals surface area (Å²) in [5.41, 5.74) is 0.185. The van der Waals surface area contributed by atoms with Gasteiger partial charge >= 0.3 is 11.9 Å². The van der Waals surface area contributed by atoms with Crippen LogP contribution >= 0.6 is 0 Å². The van der Waals surface area contributed by atoms with Gasteiger partial charge in [0.1, 0.15) is 0 Å². The number of nitrogens with one attached hydrogen (secondary N) is 1. The predicted octanol–water partition coefficient (Wildman–Crippen LogP) is 2.26. The number of rotatable bonds is 3. The second-order valence-electron chi connectivity index (χ2n) is 2.19. The lowest BCUT2D eigenvalue weighted by molar-refractivity contribution is -0.131. The van der Waals surface area contributed by atoms with Crippen LogP contribution in [0, 0.1) is 0 Å².